The Morgan fingerprint density at radius 2 is 1.91 bits per heavy atom. The molecule has 0 aliphatic heterocycles. The Hall–Kier alpha value is -1.69. The van der Waals surface area contributed by atoms with E-state index in [9.17, 15) is 13.6 Å². The number of hydrogen-bond acceptors (Lipinski definition) is 3. The number of halogens is 2. The summed E-state index contributed by atoms with van der Waals surface area (Å²) in [6.07, 6.45) is 0.443. The zero-order chi connectivity index (χ0) is 16.9. The van der Waals surface area contributed by atoms with Crippen molar-refractivity contribution in [2.45, 2.75) is 47.3 Å². The van der Waals surface area contributed by atoms with Crippen molar-refractivity contribution < 1.29 is 23.4 Å². The summed E-state index contributed by atoms with van der Waals surface area (Å²) >= 11 is 0. The Kier molecular flexibility index (Phi) is 6.29. The number of ether oxygens (including phenoxy) is 1. The van der Waals surface area contributed by atoms with Gasteiger partial charge < -0.3 is 15.2 Å². The summed E-state index contributed by atoms with van der Waals surface area (Å²) in [5.74, 6) is -0.703. The van der Waals surface area contributed by atoms with Gasteiger partial charge in [0.2, 0.25) is 0 Å². The molecule has 0 fully saturated rings. The van der Waals surface area contributed by atoms with Crippen LogP contribution in [0.15, 0.2) is 12.1 Å². The molecule has 0 bridgehead atoms. The zero-order valence-corrected chi connectivity index (χ0v) is 13.4. The van der Waals surface area contributed by atoms with E-state index in [1.165, 1.54) is 0 Å². The van der Waals surface area contributed by atoms with Crippen LogP contribution in [0.3, 0.4) is 0 Å². The highest BCUT2D eigenvalue weighted by Crippen LogP contribution is 2.25. The van der Waals surface area contributed by atoms with Gasteiger partial charge in [-0.2, -0.15) is 8.78 Å². The predicted octanol–water partition coefficient (Wildman–Crippen LogP) is 3.50. The van der Waals surface area contributed by atoms with Crippen molar-refractivity contribution in [3.63, 3.8) is 0 Å². The van der Waals surface area contributed by atoms with Gasteiger partial charge in [0.05, 0.1) is 5.41 Å². The first kappa shape index (κ1) is 18.4. The van der Waals surface area contributed by atoms with E-state index < -0.39 is 18.0 Å². The van der Waals surface area contributed by atoms with Crippen LogP contribution in [0.2, 0.25) is 0 Å². The monoisotopic (exact) mass is 315 g/mol. The fraction of sp³-hybridized carbons (Fsp3) is 0.562. The Bertz CT molecular complexity index is 530. The van der Waals surface area contributed by atoms with Crippen LogP contribution >= 0.6 is 0 Å². The van der Waals surface area contributed by atoms with Gasteiger partial charge >= 0.3 is 12.6 Å². The van der Waals surface area contributed by atoms with Crippen molar-refractivity contribution in [3.05, 3.63) is 28.8 Å². The highest BCUT2D eigenvalue weighted by atomic mass is 19.3. The molecule has 0 amide bonds. The lowest BCUT2D eigenvalue weighted by Gasteiger charge is -2.19. The first-order valence-corrected chi connectivity index (χ1v) is 7.12. The summed E-state index contributed by atoms with van der Waals surface area (Å²) in [5.41, 5.74) is 1.69. The van der Waals surface area contributed by atoms with Crippen molar-refractivity contribution in [2.75, 3.05) is 6.54 Å². The number of carboxylic acids is 1. The minimum atomic E-state index is -2.87. The van der Waals surface area contributed by atoms with Crippen LogP contribution in [0.1, 0.15) is 37.0 Å². The molecule has 1 aromatic carbocycles. The van der Waals surface area contributed by atoms with Gasteiger partial charge in [0, 0.05) is 12.1 Å². The molecular formula is C16H23F2NO3. The van der Waals surface area contributed by atoms with Crippen LogP contribution in [0.25, 0.3) is 0 Å². The lowest BCUT2D eigenvalue weighted by molar-refractivity contribution is -0.147. The molecular weight excluding hydrogens is 292 g/mol. The minimum Gasteiger partial charge on any atom is -0.481 e. The molecule has 6 heteroatoms. The highest BCUT2D eigenvalue weighted by Gasteiger charge is 2.26. The number of hydrogen-bond donors (Lipinski definition) is 2. The summed E-state index contributed by atoms with van der Waals surface area (Å²) in [6.45, 7) is 4.99. The molecule has 124 valence electrons. The van der Waals surface area contributed by atoms with Crippen LogP contribution in [-0.4, -0.2) is 24.2 Å². The Labute approximate surface area is 129 Å². The van der Waals surface area contributed by atoms with E-state index >= 15 is 0 Å². The van der Waals surface area contributed by atoms with Crippen LogP contribution in [-0.2, 0) is 11.3 Å². The molecule has 4 nitrogen and oxygen atoms in total. The number of aryl methyl sites for hydroxylation is 2. The van der Waals surface area contributed by atoms with Crippen LogP contribution in [0, 0.1) is 19.3 Å². The van der Waals surface area contributed by atoms with E-state index in [2.05, 4.69) is 10.1 Å². The Morgan fingerprint density at radius 1 is 1.32 bits per heavy atom. The zero-order valence-electron chi connectivity index (χ0n) is 13.4. The summed E-state index contributed by atoms with van der Waals surface area (Å²) in [6, 6.07) is 3.40. The van der Waals surface area contributed by atoms with Crippen molar-refractivity contribution >= 4 is 5.97 Å². The fourth-order valence-electron chi connectivity index (χ4n) is 1.92. The molecule has 22 heavy (non-hydrogen) atoms. The van der Waals surface area contributed by atoms with Crippen molar-refractivity contribution in [1.29, 1.82) is 0 Å². The van der Waals surface area contributed by atoms with E-state index in [4.69, 9.17) is 5.11 Å². The van der Waals surface area contributed by atoms with Crippen molar-refractivity contribution in [3.8, 4) is 5.75 Å². The molecule has 1 rings (SSSR count). The SMILES string of the molecule is Cc1cc(CNCCC(C)(C)C(=O)O)c(OC(F)F)cc1C. The van der Waals surface area contributed by atoms with E-state index in [0.29, 0.717) is 25.1 Å². The van der Waals surface area contributed by atoms with Crippen LogP contribution in [0.4, 0.5) is 8.78 Å². The van der Waals surface area contributed by atoms with E-state index in [0.717, 1.165) is 11.1 Å². The van der Waals surface area contributed by atoms with Gasteiger partial charge in [0.15, 0.2) is 0 Å². The Balaban J connectivity index is 2.68. The largest absolute Gasteiger partial charge is 0.481 e. The molecule has 0 aromatic heterocycles. The summed E-state index contributed by atoms with van der Waals surface area (Å²) in [7, 11) is 0. The highest BCUT2D eigenvalue weighted by molar-refractivity contribution is 5.73. The maximum atomic E-state index is 12.5. The molecule has 0 aliphatic carbocycles. The van der Waals surface area contributed by atoms with E-state index in [1.807, 2.05) is 19.9 Å². The third-order valence-electron chi connectivity index (χ3n) is 3.71. The quantitative estimate of drug-likeness (QED) is 0.721. The molecule has 0 unspecified atom stereocenters. The third kappa shape index (κ3) is 5.26. The maximum absolute atomic E-state index is 12.5. The second-order valence-corrected chi connectivity index (χ2v) is 6.04. The van der Waals surface area contributed by atoms with Gasteiger partial charge in [0.25, 0.3) is 0 Å². The second-order valence-electron chi connectivity index (χ2n) is 6.04. The molecule has 0 aliphatic rings. The molecule has 0 saturated carbocycles. The van der Waals surface area contributed by atoms with Crippen molar-refractivity contribution in [1.82, 2.24) is 5.32 Å². The topological polar surface area (TPSA) is 58.6 Å². The first-order chi connectivity index (χ1) is 10.1. The average molecular weight is 315 g/mol. The average Bonchev–Trinajstić information content (AvgIpc) is 2.39. The standard InChI is InChI=1S/C16H23F2NO3/c1-10-7-12(13(8-11(10)2)22-15(17)18)9-19-6-5-16(3,4)14(20)21/h7-8,15,19H,5-6,9H2,1-4H3,(H,20,21). The number of alkyl halides is 2. The van der Waals surface area contributed by atoms with Crippen LogP contribution in [0.5, 0.6) is 5.75 Å². The second kappa shape index (κ2) is 7.54. The molecule has 0 spiro atoms. The van der Waals surface area contributed by atoms with Gasteiger partial charge in [-0.3, -0.25) is 4.79 Å². The smallest absolute Gasteiger partial charge is 0.387 e. The lowest BCUT2D eigenvalue weighted by atomic mass is 9.90. The van der Waals surface area contributed by atoms with Crippen molar-refractivity contribution in [2.24, 2.45) is 5.41 Å². The normalized spacial score (nSPS) is 11.8. The van der Waals surface area contributed by atoms with Crippen LogP contribution < -0.4 is 10.1 Å². The number of carbonyl (C=O) groups is 1. The molecule has 0 atom stereocenters. The summed E-state index contributed by atoms with van der Waals surface area (Å²) in [4.78, 5) is 11.0. The number of nitrogens with one attached hydrogen (secondary N) is 1. The molecule has 2 N–H and O–H groups in total. The van der Waals surface area contributed by atoms with E-state index in [-0.39, 0.29) is 5.75 Å². The number of aliphatic carboxylic acids is 1. The first-order valence-electron chi connectivity index (χ1n) is 7.12. The fourth-order valence-corrected chi connectivity index (χ4v) is 1.92. The van der Waals surface area contributed by atoms with E-state index in [1.54, 1.807) is 19.9 Å². The summed E-state index contributed by atoms with van der Waals surface area (Å²) in [5, 5.41) is 12.1. The van der Waals surface area contributed by atoms with Gasteiger partial charge in [0.1, 0.15) is 5.75 Å². The molecule has 0 saturated heterocycles. The number of rotatable bonds is 8. The van der Waals surface area contributed by atoms with Gasteiger partial charge in [-0.1, -0.05) is 6.07 Å². The number of benzene rings is 1. The number of carboxylic acid groups (broad SMARTS) is 1. The van der Waals surface area contributed by atoms with Gasteiger partial charge in [-0.05, 0) is 57.9 Å². The molecule has 1 aromatic rings. The summed E-state index contributed by atoms with van der Waals surface area (Å²) < 4.78 is 29.5. The third-order valence-corrected chi connectivity index (χ3v) is 3.71. The Morgan fingerprint density at radius 3 is 2.45 bits per heavy atom. The maximum Gasteiger partial charge on any atom is 0.387 e. The van der Waals surface area contributed by atoms with Gasteiger partial charge in [-0.15, -0.1) is 0 Å². The minimum absolute atomic E-state index is 0.156. The molecule has 0 radical (unpaired) electrons. The van der Waals surface area contributed by atoms with Gasteiger partial charge in [-0.25, -0.2) is 0 Å². The molecule has 0 heterocycles. The predicted molar refractivity (Wildman–Crippen MR) is 80.3 cm³/mol. The lowest BCUT2D eigenvalue weighted by Crippen LogP contribution is -2.29.